The Labute approximate surface area is 101 Å². The molecule has 1 atom stereocenters. The van der Waals surface area contributed by atoms with Crippen LogP contribution in [0.2, 0.25) is 0 Å². The summed E-state index contributed by atoms with van der Waals surface area (Å²) in [5, 5.41) is 3.49. The zero-order valence-corrected chi connectivity index (χ0v) is 10.3. The number of halogens is 3. The average molecular weight is 250 g/mol. The maximum Gasteiger partial charge on any atom is 0.401 e. The van der Waals surface area contributed by atoms with Gasteiger partial charge in [0.15, 0.2) is 0 Å². The zero-order chi connectivity index (χ0) is 12.5. The third-order valence-corrected chi connectivity index (χ3v) is 4.09. The number of nitrogens with one attached hydrogen (secondary N) is 1. The van der Waals surface area contributed by atoms with E-state index in [0.29, 0.717) is 13.1 Å². The normalized spacial score (nSPS) is 30.7. The van der Waals surface area contributed by atoms with Crippen molar-refractivity contribution in [1.29, 1.82) is 0 Å². The summed E-state index contributed by atoms with van der Waals surface area (Å²) in [6, 6.07) is -0.0239. The maximum absolute atomic E-state index is 12.5. The molecule has 1 heterocycles. The first-order valence-corrected chi connectivity index (χ1v) is 6.46. The number of rotatable bonds is 1. The van der Waals surface area contributed by atoms with Crippen molar-refractivity contribution in [3.63, 3.8) is 0 Å². The van der Waals surface area contributed by atoms with Crippen LogP contribution in [0, 0.1) is 0 Å². The third kappa shape index (κ3) is 3.35. The van der Waals surface area contributed by atoms with E-state index >= 15 is 0 Å². The minimum absolute atomic E-state index is 0.0239. The molecule has 1 unspecified atom stereocenters. The lowest BCUT2D eigenvalue weighted by atomic mass is 9.79. The van der Waals surface area contributed by atoms with Crippen molar-refractivity contribution >= 4 is 0 Å². The van der Waals surface area contributed by atoms with E-state index in [1.807, 2.05) is 6.92 Å². The smallest absolute Gasteiger partial charge is 0.308 e. The van der Waals surface area contributed by atoms with Crippen LogP contribution in [0.4, 0.5) is 13.2 Å². The molecule has 1 saturated carbocycles. The highest BCUT2D eigenvalue weighted by Crippen LogP contribution is 2.32. The van der Waals surface area contributed by atoms with E-state index in [2.05, 4.69) is 5.32 Å². The van der Waals surface area contributed by atoms with Crippen LogP contribution in [-0.4, -0.2) is 42.3 Å². The van der Waals surface area contributed by atoms with Gasteiger partial charge in [-0.2, -0.15) is 13.2 Å². The minimum atomic E-state index is -4.08. The Hall–Kier alpha value is -0.290. The Balaban J connectivity index is 2.00. The quantitative estimate of drug-likeness (QED) is 0.769. The van der Waals surface area contributed by atoms with Crippen LogP contribution in [0.3, 0.4) is 0 Å². The minimum Gasteiger partial charge on any atom is -0.308 e. The number of piperazine rings is 1. The molecule has 100 valence electrons. The molecule has 2 fully saturated rings. The van der Waals surface area contributed by atoms with Gasteiger partial charge in [0.25, 0.3) is 0 Å². The molecule has 17 heavy (non-hydrogen) atoms. The zero-order valence-electron chi connectivity index (χ0n) is 10.3. The molecule has 1 saturated heterocycles. The van der Waals surface area contributed by atoms with E-state index in [1.165, 1.54) is 6.42 Å². The van der Waals surface area contributed by atoms with Crippen LogP contribution < -0.4 is 5.32 Å². The first kappa shape index (κ1) is 13.1. The van der Waals surface area contributed by atoms with Crippen LogP contribution >= 0.6 is 0 Å². The van der Waals surface area contributed by atoms with Crippen molar-refractivity contribution in [1.82, 2.24) is 10.2 Å². The van der Waals surface area contributed by atoms with Crippen molar-refractivity contribution < 1.29 is 13.2 Å². The molecule has 0 aromatic rings. The average Bonchev–Trinajstić information content (AvgIpc) is 2.23. The summed E-state index contributed by atoms with van der Waals surface area (Å²) in [5.41, 5.74) is -0.0456. The summed E-state index contributed by atoms with van der Waals surface area (Å²) in [5.74, 6) is 0. The van der Waals surface area contributed by atoms with Gasteiger partial charge in [-0.25, -0.2) is 0 Å². The van der Waals surface area contributed by atoms with E-state index in [-0.39, 0.29) is 11.6 Å². The molecule has 0 bridgehead atoms. The van der Waals surface area contributed by atoms with Crippen LogP contribution in [0.5, 0.6) is 0 Å². The van der Waals surface area contributed by atoms with Gasteiger partial charge in [0.1, 0.15) is 0 Å². The molecule has 0 amide bonds. The monoisotopic (exact) mass is 250 g/mol. The van der Waals surface area contributed by atoms with Gasteiger partial charge in [0, 0.05) is 24.7 Å². The summed E-state index contributed by atoms with van der Waals surface area (Å²) in [4.78, 5) is 1.60. The Morgan fingerprint density at radius 3 is 2.47 bits per heavy atom. The van der Waals surface area contributed by atoms with Gasteiger partial charge in [0.2, 0.25) is 0 Å². The fourth-order valence-electron chi connectivity index (χ4n) is 3.10. The largest absolute Gasteiger partial charge is 0.401 e. The Morgan fingerprint density at radius 2 is 1.88 bits per heavy atom. The molecular formula is C12H21F3N2. The molecule has 2 aliphatic rings. The molecule has 1 spiro atoms. The highest BCUT2D eigenvalue weighted by Gasteiger charge is 2.42. The van der Waals surface area contributed by atoms with Crippen molar-refractivity contribution in [2.45, 2.75) is 56.8 Å². The highest BCUT2D eigenvalue weighted by atomic mass is 19.4. The van der Waals surface area contributed by atoms with Gasteiger partial charge < -0.3 is 5.32 Å². The standard InChI is InChI=1S/C12H21F3N2/c1-10-7-16-11(5-3-2-4-6-11)8-17(10)9-12(13,14)15/h10,16H,2-9H2,1H3. The van der Waals surface area contributed by atoms with Crippen molar-refractivity contribution in [3.05, 3.63) is 0 Å². The second-order valence-corrected chi connectivity index (χ2v) is 5.59. The maximum atomic E-state index is 12.5. The van der Waals surface area contributed by atoms with E-state index in [9.17, 15) is 13.2 Å². The molecule has 1 N–H and O–H groups in total. The van der Waals surface area contributed by atoms with Crippen LogP contribution in [-0.2, 0) is 0 Å². The predicted molar refractivity (Wildman–Crippen MR) is 60.9 cm³/mol. The molecule has 2 nitrogen and oxygen atoms in total. The van der Waals surface area contributed by atoms with Gasteiger partial charge in [-0.15, -0.1) is 0 Å². The van der Waals surface area contributed by atoms with Crippen LogP contribution in [0.1, 0.15) is 39.0 Å². The second kappa shape index (κ2) is 4.76. The lowest BCUT2D eigenvalue weighted by Gasteiger charge is -2.49. The summed E-state index contributed by atoms with van der Waals surface area (Å²) in [7, 11) is 0. The predicted octanol–water partition coefficient (Wildman–Crippen LogP) is 2.55. The Kier molecular flexibility index (Phi) is 3.69. The Bertz CT molecular complexity index is 259. The molecule has 1 aliphatic carbocycles. The summed E-state index contributed by atoms with van der Waals surface area (Å²) < 4.78 is 37.5. The highest BCUT2D eigenvalue weighted by molar-refractivity contribution is 4.99. The summed E-state index contributed by atoms with van der Waals surface area (Å²) in [6.07, 6.45) is 1.46. The van der Waals surface area contributed by atoms with E-state index in [4.69, 9.17) is 0 Å². The summed E-state index contributed by atoms with van der Waals surface area (Å²) in [6.45, 7) is 2.33. The lowest BCUT2D eigenvalue weighted by molar-refractivity contribution is -0.156. The number of hydrogen-bond donors (Lipinski definition) is 1. The fourth-order valence-corrected chi connectivity index (χ4v) is 3.10. The second-order valence-electron chi connectivity index (χ2n) is 5.59. The fraction of sp³-hybridized carbons (Fsp3) is 1.00. The molecule has 0 aromatic heterocycles. The number of hydrogen-bond acceptors (Lipinski definition) is 2. The van der Waals surface area contributed by atoms with E-state index in [1.54, 1.807) is 4.90 Å². The number of nitrogens with zero attached hydrogens (tertiary/aromatic N) is 1. The first-order valence-electron chi connectivity index (χ1n) is 6.46. The topological polar surface area (TPSA) is 15.3 Å². The van der Waals surface area contributed by atoms with E-state index in [0.717, 1.165) is 25.7 Å². The molecule has 5 heteroatoms. The van der Waals surface area contributed by atoms with Crippen molar-refractivity contribution in [3.8, 4) is 0 Å². The molecule has 2 rings (SSSR count). The van der Waals surface area contributed by atoms with Crippen molar-refractivity contribution in [2.75, 3.05) is 19.6 Å². The van der Waals surface area contributed by atoms with Gasteiger partial charge >= 0.3 is 6.18 Å². The molecular weight excluding hydrogens is 229 g/mol. The van der Waals surface area contributed by atoms with Gasteiger partial charge in [-0.1, -0.05) is 19.3 Å². The van der Waals surface area contributed by atoms with Crippen LogP contribution in [0.15, 0.2) is 0 Å². The van der Waals surface area contributed by atoms with Gasteiger partial charge in [-0.05, 0) is 19.8 Å². The number of alkyl halides is 3. The molecule has 0 aromatic carbocycles. The molecule has 1 aliphatic heterocycles. The van der Waals surface area contributed by atoms with Crippen LogP contribution in [0.25, 0.3) is 0 Å². The third-order valence-electron chi connectivity index (χ3n) is 4.09. The first-order chi connectivity index (χ1) is 7.90. The Morgan fingerprint density at radius 1 is 1.24 bits per heavy atom. The SMILES string of the molecule is CC1CNC2(CCCCC2)CN1CC(F)(F)F. The van der Waals surface area contributed by atoms with Gasteiger partial charge in [-0.3, -0.25) is 4.90 Å². The van der Waals surface area contributed by atoms with Gasteiger partial charge in [0.05, 0.1) is 6.54 Å². The lowest BCUT2D eigenvalue weighted by Crippen LogP contribution is -2.65. The van der Waals surface area contributed by atoms with Crippen molar-refractivity contribution in [2.24, 2.45) is 0 Å². The molecule has 0 radical (unpaired) electrons. The summed E-state index contributed by atoms with van der Waals surface area (Å²) >= 11 is 0. The van der Waals surface area contributed by atoms with E-state index < -0.39 is 12.7 Å².